The van der Waals surface area contributed by atoms with Crippen molar-refractivity contribution in [3.8, 4) is 0 Å². The normalized spacial score (nSPS) is 13.4. The fraction of sp³-hybridized carbons (Fsp3) is 0.800. The van der Waals surface area contributed by atoms with Crippen LogP contribution in [0.4, 0.5) is 48.7 Å². The molecule has 0 bridgehead atoms. The molecule has 0 N–H and O–H groups in total. The highest BCUT2D eigenvalue weighted by Crippen LogP contribution is 2.43. The Morgan fingerprint density at radius 2 is 1.34 bits per heavy atom. The van der Waals surface area contributed by atoms with Crippen molar-refractivity contribution >= 4 is 16.0 Å². The van der Waals surface area contributed by atoms with Gasteiger partial charge in [0, 0.05) is 28.3 Å². The average molecular weight is 519 g/mol. The van der Waals surface area contributed by atoms with Gasteiger partial charge in [0.25, 0.3) is 17.8 Å². The Morgan fingerprint density at radius 3 is 1.75 bits per heavy atom. The molecule has 0 saturated heterocycles. The largest absolute Gasteiger partial charge is 0.461 e. The van der Waals surface area contributed by atoms with Gasteiger partial charge in [-0.05, 0) is 0 Å². The Morgan fingerprint density at radius 1 is 0.906 bits per heavy atom. The minimum atomic E-state index is -5.51. The molecule has 192 valence electrons. The molecule has 0 aliphatic rings. The van der Waals surface area contributed by atoms with E-state index in [1.54, 1.807) is 0 Å². The zero-order valence-corrected chi connectivity index (χ0v) is 17.2. The number of halogens is 11. The summed E-state index contributed by atoms with van der Waals surface area (Å²) in [5.41, 5.74) is 0. The van der Waals surface area contributed by atoms with Crippen molar-refractivity contribution in [3.05, 3.63) is 12.7 Å². The standard InChI is InChI=1S/C15H20F9NO4S.F2/c1-3-11(26)29-6-5-25(4-2)30(27,28)10-14(20,21)8-12(16,17)7-13(18,19)9-15(22,23)24;1-2/h3H,1,4-10H2,2H3;. The first kappa shape index (κ1) is 32.5. The minimum Gasteiger partial charge on any atom is -0.461 e. The number of esters is 1. The summed E-state index contributed by atoms with van der Waals surface area (Å²) in [7, 11) is -4.91. The fourth-order valence-corrected chi connectivity index (χ4v) is 3.95. The first-order chi connectivity index (χ1) is 14.2. The van der Waals surface area contributed by atoms with Crippen LogP contribution in [0.5, 0.6) is 0 Å². The van der Waals surface area contributed by atoms with Crippen molar-refractivity contribution < 1.29 is 66.6 Å². The molecule has 0 unspecified atom stereocenters. The second kappa shape index (κ2) is 12.6. The van der Waals surface area contributed by atoms with E-state index in [4.69, 9.17) is 9.15 Å². The van der Waals surface area contributed by atoms with Crippen LogP contribution in [-0.4, -0.2) is 68.1 Å². The van der Waals surface area contributed by atoms with Crippen molar-refractivity contribution in [2.75, 3.05) is 25.4 Å². The van der Waals surface area contributed by atoms with Gasteiger partial charge >= 0.3 is 12.1 Å². The van der Waals surface area contributed by atoms with Crippen LogP contribution < -0.4 is 0 Å². The molecule has 32 heavy (non-hydrogen) atoms. The van der Waals surface area contributed by atoms with Crippen LogP contribution in [0.3, 0.4) is 0 Å². The van der Waals surface area contributed by atoms with Crippen LogP contribution in [0, 0.1) is 0 Å². The highest BCUT2D eigenvalue weighted by atomic mass is 32.2. The second-order valence-corrected chi connectivity index (χ2v) is 8.30. The molecular formula is C15H20F11NO4S. The molecule has 5 nitrogen and oxygen atoms in total. The third-order valence-corrected chi connectivity index (χ3v) is 5.40. The zero-order chi connectivity index (χ0) is 26.0. The van der Waals surface area contributed by atoms with Gasteiger partial charge in [0.1, 0.15) is 18.8 Å². The lowest BCUT2D eigenvalue weighted by molar-refractivity contribution is -0.212. The molecule has 0 saturated carbocycles. The first-order valence-electron chi connectivity index (χ1n) is 8.36. The molecule has 0 amide bonds. The Bertz CT molecular complexity index is 696. The van der Waals surface area contributed by atoms with E-state index in [2.05, 4.69) is 11.3 Å². The Labute approximate surface area is 176 Å². The molecule has 0 aliphatic heterocycles. The molecule has 0 rings (SSSR count). The van der Waals surface area contributed by atoms with Crippen LogP contribution in [0.15, 0.2) is 12.7 Å². The third kappa shape index (κ3) is 14.4. The van der Waals surface area contributed by atoms with Gasteiger partial charge in [0.15, 0.2) is 0 Å². The molecule has 0 aromatic carbocycles. The van der Waals surface area contributed by atoms with Gasteiger partial charge in [0.05, 0.1) is 12.8 Å². The van der Waals surface area contributed by atoms with E-state index in [-0.39, 0.29) is 0 Å². The van der Waals surface area contributed by atoms with Crippen LogP contribution in [0.1, 0.15) is 26.2 Å². The van der Waals surface area contributed by atoms with Crippen LogP contribution in [0.2, 0.25) is 0 Å². The van der Waals surface area contributed by atoms with Crippen molar-refractivity contribution in [1.82, 2.24) is 4.31 Å². The van der Waals surface area contributed by atoms with E-state index in [9.17, 15) is 52.7 Å². The van der Waals surface area contributed by atoms with Gasteiger partial charge < -0.3 is 4.74 Å². The topological polar surface area (TPSA) is 63.7 Å². The first-order valence-corrected chi connectivity index (χ1v) is 9.97. The van der Waals surface area contributed by atoms with Gasteiger partial charge in [0.2, 0.25) is 10.0 Å². The van der Waals surface area contributed by atoms with Crippen molar-refractivity contribution in [3.63, 3.8) is 0 Å². The van der Waals surface area contributed by atoms with E-state index in [0.29, 0.717) is 4.31 Å². The predicted octanol–water partition coefficient (Wildman–Crippen LogP) is 4.85. The van der Waals surface area contributed by atoms with E-state index in [0.717, 1.165) is 6.08 Å². The number of carbonyl (C=O) groups excluding carboxylic acids is 1. The number of hydrogen-bond acceptors (Lipinski definition) is 4. The van der Waals surface area contributed by atoms with Crippen LogP contribution >= 0.6 is 0 Å². The van der Waals surface area contributed by atoms with E-state index in [1.165, 1.54) is 6.92 Å². The average Bonchev–Trinajstić information content (AvgIpc) is 2.54. The SMILES string of the molecule is C=CC(=O)OCCN(CC)S(=O)(=O)CC(F)(F)CC(F)(F)CC(F)(F)CC(F)(F)F.FF. The second-order valence-electron chi connectivity index (χ2n) is 6.33. The van der Waals surface area contributed by atoms with Crippen molar-refractivity contribution in [2.24, 2.45) is 0 Å². The summed E-state index contributed by atoms with van der Waals surface area (Å²) in [6.45, 7) is 2.69. The van der Waals surface area contributed by atoms with Crippen LogP contribution in [0.25, 0.3) is 0 Å². The highest BCUT2D eigenvalue weighted by Gasteiger charge is 2.54. The Balaban J connectivity index is 0. The number of carbonyl (C=O) groups is 1. The molecule has 0 heterocycles. The van der Waals surface area contributed by atoms with Gasteiger partial charge in [-0.25, -0.2) is 39.6 Å². The van der Waals surface area contributed by atoms with Gasteiger partial charge in [-0.1, -0.05) is 13.5 Å². The molecule has 0 aromatic rings. The quantitative estimate of drug-likeness (QED) is 0.198. The summed E-state index contributed by atoms with van der Waals surface area (Å²) >= 11 is 0. The monoisotopic (exact) mass is 519 g/mol. The van der Waals surface area contributed by atoms with Gasteiger partial charge in [-0.3, -0.25) is 0 Å². The highest BCUT2D eigenvalue weighted by molar-refractivity contribution is 7.89. The number of alkyl halides is 9. The summed E-state index contributed by atoms with van der Waals surface area (Å²) in [6, 6.07) is 0. The molecule has 0 aromatic heterocycles. The van der Waals surface area contributed by atoms with Gasteiger partial charge in [-0.15, -0.1) is 0 Å². The summed E-state index contributed by atoms with van der Waals surface area (Å²) in [6.07, 6.45) is -13.2. The number of rotatable bonds is 13. The summed E-state index contributed by atoms with van der Waals surface area (Å²) < 4.78 is 162. The lowest BCUT2D eigenvalue weighted by Crippen LogP contribution is -2.44. The van der Waals surface area contributed by atoms with E-state index >= 15 is 0 Å². The predicted molar refractivity (Wildman–Crippen MR) is 89.2 cm³/mol. The molecular weight excluding hydrogens is 499 g/mol. The van der Waals surface area contributed by atoms with E-state index < -0.39 is 84.6 Å². The third-order valence-electron chi connectivity index (χ3n) is 3.38. The maximum atomic E-state index is 13.9. The molecule has 0 fully saturated rings. The number of sulfonamides is 1. The molecule has 0 aliphatic carbocycles. The van der Waals surface area contributed by atoms with Gasteiger partial charge in [-0.2, -0.15) is 17.5 Å². The molecule has 0 atom stereocenters. The summed E-state index contributed by atoms with van der Waals surface area (Å²) in [5, 5.41) is 0. The van der Waals surface area contributed by atoms with E-state index in [1.807, 2.05) is 0 Å². The Kier molecular flexibility index (Phi) is 12.8. The minimum absolute atomic E-state index is 0.383. The number of hydrogen-bond donors (Lipinski definition) is 0. The summed E-state index contributed by atoms with van der Waals surface area (Å²) in [4.78, 5) is 10.9. The number of ether oxygens (including phenoxy) is 1. The Hall–Kier alpha value is -1.65. The molecule has 0 radical (unpaired) electrons. The maximum absolute atomic E-state index is 13.9. The van der Waals surface area contributed by atoms with Crippen molar-refractivity contribution in [1.29, 1.82) is 0 Å². The maximum Gasteiger partial charge on any atom is 0.394 e. The summed E-state index contributed by atoms with van der Waals surface area (Å²) in [5.74, 6) is -17.9. The molecule has 0 spiro atoms. The smallest absolute Gasteiger partial charge is 0.394 e. The number of likely N-dealkylation sites (N-methyl/N-ethyl adjacent to an activating group) is 1. The fourth-order valence-electron chi connectivity index (χ4n) is 2.39. The van der Waals surface area contributed by atoms with Crippen LogP contribution in [-0.2, 0) is 19.6 Å². The lowest BCUT2D eigenvalue weighted by Gasteiger charge is -2.28. The molecule has 17 heteroatoms. The van der Waals surface area contributed by atoms with Crippen molar-refractivity contribution in [2.45, 2.75) is 50.1 Å². The lowest BCUT2D eigenvalue weighted by atomic mass is 10.0. The number of nitrogens with zero attached hydrogens (tertiary/aromatic N) is 1. The zero-order valence-electron chi connectivity index (χ0n) is 16.4.